The van der Waals surface area contributed by atoms with Crippen molar-refractivity contribution >= 4 is 12.0 Å². The molecule has 0 unspecified atom stereocenters. The average Bonchev–Trinajstić information content (AvgIpc) is 2.24. The van der Waals surface area contributed by atoms with Crippen LogP contribution in [0.1, 0.15) is 11.1 Å². The quantitative estimate of drug-likeness (QED) is 0.639. The first kappa shape index (κ1) is 12.8. The van der Waals surface area contributed by atoms with Gasteiger partial charge in [0.05, 0.1) is 5.56 Å². The van der Waals surface area contributed by atoms with Gasteiger partial charge in [0.15, 0.2) is 0 Å². The minimum atomic E-state index is -4.50. The fourth-order valence-corrected chi connectivity index (χ4v) is 1.11. The number of aliphatic carboxylic acids is 1. The van der Waals surface area contributed by atoms with E-state index in [-0.39, 0.29) is 5.56 Å². The Morgan fingerprint density at radius 1 is 1.41 bits per heavy atom. The summed E-state index contributed by atoms with van der Waals surface area (Å²) < 4.78 is 37.0. The molecule has 3 nitrogen and oxygen atoms in total. The van der Waals surface area contributed by atoms with Crippen LogP contribution in [-0.2, 0) is 11.0 Å². The predicted octanol–water partition coefficient (Wildman–Crippen LogP) is 2.70. The Morgan fingerprint density at radius 2 is 2.06 bits per heavy atom. The summed E-state index contributed by atoms with van der Waals surface area (Å²) in [5.41, 5.74) is -1.50. The number of hydrogen-bond acceptors (Lipinski definition) is 2. The van der Waals surface area contributed by atoms with E-state index in [0.29, 0.717) is 0 Å². The first-order valence-corrected chi connectivity index (χ1v) is 4.37. The van der Waals surface area contributed by atoms with E-state index >= 15 is 0 Å². The number of rotatable bonds is 2. The third-order valence-electron chi connectivity index (χ3n) is 1.88. The molecule has 0 heterocycles. The Bertz CT molecular complexity index is 512. The van der Waals surface area contributed by atoms with Crippen LogP contribution in [-0.4, -0.2) is 11.1 Å². The predicted molar refractivity (Wildman–Crippen MR) is 52.7 cm³/mol. The highest BCUT2D eigenvalue weighted by Gasteiger charge is 2.30. The molecule has 0 radical (unpaired) electrons. The zero-order valence-electron chi connectivity index (χ0n) is 8.32. The molecule has 0 saturated heterocycles. The molecule has 88 valence electrons. The normalized spacial score (nSPS) is 12.0. The first-order valence-electron chi connectivity index (χ1n) is 4.37. The number of nitriles is 1. The summed E-state index contributed by atoms with van der Waals surface area (Å²) in [6, 6.07) is 5.46. The standard InChI is InChI=1S/C11H6F3NO2/c12-11(13,14)9-3-1-2-7(5-9)4-8(6-15)10(16)17/h1-5H,(H,16,17). The lowest BCUT2D eigenvalue weighted by atomic mass is 10.1. The highest BCUT2D eigenvalue weighted by molar-refractivity contribution is 5.96. The monoisotopic (exact) mass is 241 g/mol. The van der Waals surface area contributed by atoms with Gasteiger partial charge in [0.25, 0.3) is 0 Å². The minimum absolute atomic E-state index is 0.0128. The van der Waals surface area contributed by atoms with Gasteiger partial charge in [-0.15, -0.1) is 0 Å². The number of benzene rings is 1. The highest BCUT2D eigenvalue weighted by Crippen LogP contribution is 2.29. The molecule has 1 rings (SSSR count). The van der Waals surface area contributed by atoms with Crippen molar-refractivity contribution in [1.82, 2.24) is 0 Å². The number of hydrogen-bond donors (Lipinski definition) is 1. The summed E-state index contributed by atoms with van der Waals surface area (Å²) in [5, 5.41) is 17.0. The number of halogens is 3. The van der Waals surface area contributed by atoms with Crippen molar-refractivity contribution in [1.29, 1.82) is 5.26 Å². The Labute approximate surface area is 94.4 Å². The van der Waals surface area contributed by atoms with Crippen LogP contribution in [0.3, 0.4) is 0 Å². The van der Waals surface area contributed by atoms with Gasteiger partial charge in [0, 0.05) is 0 Å². The molecule has 1 aromatic carbocycles. The summed E-state index contributed by atoms with van der Waals surface area (Å²) in [5.74, 6) is -1.48. The summed E-state index contributed by atoms with van der Waals surface area (Å²) >= 11 is 0. The molecule has 0 saturated carbocycles. The maximum Gasteiger partial charge on any atom is 0.416 e. The van der Waals surface area contributed by atoms with Crippen molar-refractivity contribution in [3.05, 3.63) is 41.0 Å². The van der Waals surface area contributed by atoms with Crippen LogP contribution < -0.4 is 0 Å². The molecule has 0 aliphatic heterocycles. The van der Waals surface area contributed by atoms with Gasteiger partial charge in [-0.05, 0) is 23.8 Å². The molecule has 0 spiro atoms. The molecule has 1 N–H and O–H groups in total. The highest BCUT2D eigenvalue weighted by atomic mass is 19.4. The molecule has 0 amide bonds. The lowest BCUT2D eigenvalue weighted by molar-refractivity contribution is -0.137. The third-order valence-corrected chi connectivity index (χ3v) is 1.88. The first-order chi connectivity index (χ1) is 7.84. The summed E-state index contributed by atoms with van der Waals surface area (Å²) in [7, 11) is 0. The third kappa shape index (κ3) is 3.34. The molecule has 0 fully saturated rings. The van der Waals surface area contributed by atoms with Crippen LogP contribution >= 0.6 is 0 Å². The number of nitrogens with zero attached hydrogens (tertiary/aromatic N) is 1. The lowest BCUT2D eigenvalue weighted by Crippen LogP contribution is -2.04. The van der Waals surface area contributed by atoms with Gasteiger partial charge in [-0.1, -0.05) is 12.1 Å². The molecule has 0 aromatic heterocycles. The maximum absolute atomic E-state index is 12.3. The van der Waals surface area contributed by atoms with E-state index in [1.165, 1.54) is 12.1 Å². The van der Waals surface area contributed by atoms with Gasteiger partial charge in [0.1, 0.15) is 11.6 Å². The van der Waals surface area contributed by atoms with Crippen molar-refractivity contribution in [2.24, 2.45) is 0 Å². The van der Waals surface area contributed by atoms with E-state index in [1.807, 2.05) is 0 Å². The largest absolute Gasteiger partial charge is 0.477 e. The van der Waals surface area contributed by atoms with Gasteiger partial charge in [-0.2, -0.15) is 18.4 Å². The van der Waals surface area contributed by atoms with Gasteiger partial charge in [-0.3, -0.25) is 0 Å². The van der Waals surface area contributed by atoms with Gasteiger partial charge in [-0.25, -0.2) is 4.79 Å². The number of carbonyl (C=O) groups is 1. The van der Waals surface area contributed by atoms with Crippen LogP contribution in [0.5, 0.6) is 0 Å². The molecule has 0 bridgehead atoms. The molecule has 0 aliphatic rings. The van der Waals surface area contributed by atoms with Crippen LogP contribution in [0, 0.1) is 11.3 Å². The fourth-order valence-electron chi connectivity index (χ4n) is 1.11. The molecule has 6 heteroatoms. The van der Waals surface area contributed by atoms with Crippen molar-refractivity contribution in [2.75, 3.05) is 0 Å². The van der Waals surface area contributed by atoms with E-state index in [2.05, 4.69) is 0 Å². The molecular weight excluding hydrogens is 235 g/mol. The van der Waals surface area contributed by atoms with Crippen molar-refractivity contribution in [2.45, 2.75) is 6.18 Å². The number of carboxylic acids is 1. The molecule has 0 aliphatic carbocycles. The van der Waals surface area contributed by atoms with Crippen LogP contribution in [0.4, 0.5) is 13.2 Å². The molecular formula is C11H6F3NO2. The zero-order chi connectivity index (χ0) is 13.1. The zero-order valence-corrected chi connectivity index (χ0v) is 8.32. The van der Waals surface area contributed by atoms with Gasteiger partial charge < -0.3 is 5.11 Å². The van der Waals surface area contributed by atoms with E-state index in [0.717, 1.165) is 24.3 Å². The minimum Gasteiger partial charge on any atom is -0.477 e. The van der Waals surface area contributed by atoms with Gasteiger partial charge >= 0.3 is 12.1 Å². The lowest BCUT2D eigenvalue weighted by Gasteiger charge is -2.06. The molecule has 17 heavy (non-hydrogen) atoms. The van der Waals surface area contributed by atoms with Gasteiger partial charge in [0.2, 0.25) is 0 Å². The second-order valence-electron chi connectivity index (χ2n) is 3.10. The van der Waals surface area contributed by atoms with Crippen LogP contribution in [0.2, 0.25) is 0 Å². The Morgan fingerprint density at radius 3 is 2.53 bits per heavy atom. The van der Waals surface area contributed by atoms with E-state index in [9.17, 15) is 18.0 Å². The van der Waals surface area contributed by atoms with Crippen LogP contribution in [0.15, 0.2) is 29.8 Å². The van der Waals surface area contributed by atoms with E-state index in [1.54, 1.807) is 0 Å². The maximum atomic E-state index is 12.3. The Kier molecular flexibility index (Phi) is 3.53. The van der Waals surface area contributed by atoms with Crippen molar-refractivity contribution in [3.8, 4) is 6.07 Å². The van der Waals surface area contributed by atoms with Crippen LogP contribution in [0.25, 0.3) is 6.08 Å². The second-order valence-corrected chi connectivity index (χ2v) is 3.10. The van der Waals surface area contributed by atoms with Crippen molar-refractivity contribution in [3.63, 3.8) is 0 Å². The summed E-state index contributed by atoms with van der Waals surface area (Å²) in [6.07, 6.45) is -3.61. The molecule has 1 aromatic rings. The summed E-state index contributed by atoms with van der Waals surface area (Å²) in [4.78, 5) is 10.5. The van der Waals surface area contributed by atoms with E-state index < -0.39 is 23.3 Å². The average molecular weight is 241 g/mol. The topological polar surface area (TPSA) is 61.1 Å². The van der Waals surface area contributed by atoms with Crippen molar-refractivity contribution < 1.29 is 23.1 Å². The smallest absolute Gasteiger partial charge is 0.416 e. The Balaban J connectivity index is 3.18. The number of alkyl halides is 3. The second kappa shape index (κ2) is 4.70. The fraction of sp³-hybridized carbons (Fsp3) is 0.0909. The summed E-state index contributed by atoms with van der Waals surface area (Å²) in [6.45, 7) is 0. The van der Waals surface area contributed by atoms with E-state index in [4.69, 9.17) is 10.4 Å². The Hall–Kier alpha value is -2.29. The number of carboxylic acid groups (broad SMARTS) is 1. The molecule has 0 atom stereocenters. The SMILES string of the molecule is N#CC(=Cc1cccc(C(F)(F)F)c1)C(=O)O.